The van der Waals surface area contributed by atoms with Gasteiger partial charge in [0.1, 0.15) is 5.82 Å². The molecule has 4 heterocycles. The Morgan fingerprint density at radius 3 is 2.91 bits per heavy atom. The van der Waals surface area contributed by atoms with E-state index in [1.54, 1.807) is 13.3 Å². The van der Waals surface area contributed by atoms with Gasteiger partial charge in [-0.25, -0.2) is 9.97 Å². The first kappa shape index (κ1) is 21.6. The summed E-state index contributed by atoms with van der Waals surface area (Å²) < 4.78 is 12.6. The number of hydrogen-bond acceptors (Lipinski definition) is 8. The number of ether oxygens (including phenoxy) is 2. The van der Waals surface area contributed by atoms with Crippen LogP contribution in [0.2, 0.25) is 0 Å². The normalized spacial score (nSPS) is 15.3. The molecule has 1 aliphatic heterocycles. The molecule has 4 rings (SSSR count). The van der Waals surface area contributed by atoms with Crippen molar-refractivity contribution in [3.8, 4) is 5.88 Å². The Balaban J connectivity index is 1.45. The maximum Gasteiger partial charge on any atom is 0.274 e. The summed E-state index contributed by atoms with van der Waals surface area (Å²) in [5.74, 6) is 1.11. The van der Waals surface area contributed by atoms with Crippen LogP contribution < -0.4 is 20.3 Å². The molecule has 0 bridgehead atoms. The zero-order valence-electron chi connectivity index (χ0n) is 18.6. The SMILES string of the molecule is CCOC1C(=O)Nc2c(cc(NCc3cnn(Cc4ccnc(OC)c4)c3)nc2C)N1C. The molecule has 0 radical (unpaired) electrons. The van der Waals surface area contributed by atoms with Crippen molar-refractivity contribution in [1.29, 1.82) is 0 Å². The molecular weight excluding hydrogens is 410 g/mol. The number of aryl methyl sites for hydroxylation is 1. The van der Waals surface area contributed by atoms with E-state index in [1.807, 2.05) is 61.1 Å². The summed E-state index contributed by atoms with van der Waals surface area (Å²) in [6.07, 6.45) is 4.88. The Bertz CT molecular complexity index is 1110. The summed E-state index contributed by atoms with van der Waals surface area (Å²) in [5, 5.41) is 10.7. The van der Waals surface area contributed by atoms with Crippen LogP contribution in [-0.2, 0) is 22.6 Å². The Morgan fingerprint density at radius 2 is 2.12 bits per heavy atom. The van der Waals surface area contributed by atoms with Crippen LogP contribution in [0.25, 0.3) is 0 Å². The van der Waals surface area contributed by atoms with Crippen molar-refractivity contribution in [2.24, 2.45) is 0 Å². The standard InChI is InChI=1S/C22H27N7O3/c1-5-32-22-21(30)27-20-14(2)26-18(9-17(20)28(22)3)24-10-16-11-25-29(13-16)12-15-6-7-23-19(8-15)31-4/h6-9,11,13,22H,5,10,12H2,1-4H3,(H,24,26)(H,27,30). The highest BCUT2D eigenvalue weighted by atomic mass is 16.5. The van der Waals surface area contributed by atoms with Gasteiger partial charge in [0.05, 0.1) is 36.9 Å². The lowest BCUT2D eigenvalue weighted by molar-refractivity contribution is -0.127. The first-order chi connectivity index (χ1) is 15.5. The number of carbonyl (C=O) groups is 1. The Morgan fingerprint density at radius 1 is 1.28 bits per heavy atom. The number of anilines is 3. The van der Waals surface area contributed by atoms with Gasteiger partial charge in [-0.3, -0.25) is 9.48 Å². The second-order valence-corrected chi connectivity index (χ2v) is 7.50. The number of likely N-dealkylation sites (N-methyl/N-ethyl adjacent to an activating group) is 1. The molecule has 0 saturated heterocycles. The van der Waals surface area contributed by atoms with Gasteiger partial charge in [0.25, 0.3) is 5.91 Å². The van der Waals surface area contributed by atoms with Crippen LogP contribution in [0, 0.1) is 6.92 Å². The van der Waals surface area contributed by atoms with Crippen LogP contribution >= 0.6 is 0 Å². The van der Waals surface area contributed by atoms with Crippen molar-refractivity contribution in [2.75, 3.05) is 36.3 Å². The third-order valence-electron chi connectivity index (χ3n) is 5.22. The van der Waals surface area contributed by atoms with Crippen LogP contribution in [-0.4, -0.2) is 52.6 Å². The van der Waals surface area contributed by atoms with Gasteiger partial charge >= 0.3 is 0 Å². The summed E-state index contributed by atoms with van der Waals surface area (Å²) in [7, 11) is 3.45. The maximum absolute atomic E-state index is 12.3. The predicted molar refractivity (Wildman–Crippen MR) is 121 cm³/mol. The highest BCUT2D eigenvalue weighted by Crippen LogP contribution is 2.35. The monoisotopic (exact) mass is 437 g/mol. The summed E-state index contributed by atoms with van der Waals surface area (Å²) >= 11 is 0. The van der Waals surface area contributed by atoms with Gasteiger partial charge in [0.2, 0.25) is 12.1 Å². The molecule has 1 unspecified atom stereocenters. The van der Waals surface area contributed by atoms with Crippen LogP contribution in [0.5, 0.6) is 5.88 Å². The van der Waals surface area contributed by atoms with E-state index < -0.39 is 6.23 Å². The first-order valence-electron chi connectivity index (χ1n) is 10.4. The average Bonchev–Trinajstić information content (AvgIpc) is 3.23. The van der Waals surface area contributed by atoms with Crippen molar-refractivity contribution < 1.29 is 14.3 Å². The number of amides is 1. The van der Waals surface area contributed by atoms with Crippen LogP contribution in [0.1, 0.15) is 23.7 Å². The van der Waals surface area contributed by atoms with E-state index in [2.05, 4.69) is 25.7 Å². The summed E-state index contributed by atoms with van der Waals surface area (Å²) in [4.78, 5) is 22.9. The quantitative estimate of drug-likeness (QED) is 0.553. The molecule has 1 aliphatic rings. The van der Waals surface area contributed by atoms with Crippen molar-refractivity contribution in [2.45, 2.75) is 33.2 Å². The zero-order valence-corrected chi connectivity index (χ0v) is 18.6. The highest BCUT2D eigenvalue weighted by molar-refractivity contribution is 6.03. The molecule has 0 spiro atoms. The maximum atomic E-state index is 12.3. The number of nitrogens with one attached hydrogen (secondary N) is 2. The van der Waals surface area contributed by atoms with E-state index in [1.165, 1.54) is 0 Å². The number of aromatic nitrogens is 4. The van der Waals surface area contributed by atoms with Gasteiger partial charge in [-0.2, -0.15) is 5.10 Å². The van der Waals surface area contributed by atoms with Gasteiger partial charge in [0.15, 0.2) is 0 Å². The summed E-state index contributed by atoms with van der Waals surface area (Å²) in [6, 6.07) is 5.75. The van der Waals surface area contributed by atoms with Crippen LogP contribution in [0.15, 0.2) is 36.8 Å². The Kier molecular flexibility index (Phi) is 6.22. The highest BCUT2D eigenvalue weighted by Gasteiger charge is 2.32. The molecule has 0 aromatic carbocycles. The number of fused-ring (bicyclic) bond motifs is 1. The molecule has 168 valence electrons. The van der Waals surface area contributed by atoms with Crippen molar-refractivity contribution in [3.05, 3.63) is 53.6 Å². The minimum absolute atomic E-state index is 0.188. The average molecular weight is 438 g/mol. The van der Waals surface area contributed by atoms with E-state index >= 15 is 0 Å². The topological polar surface area (TPSA) is 106 Å². The molecular formula is C22H27N7O3. The van der Waals surface area contributed by atoms with Gasteiger partial charge in [-0.1, -0.05) is 0 Å². The van der Waals surface area contributed by atoms with Crippen molar-refractivity contribution in [1.82, 2.24) is 19.7 Å². The fraction of sp³-hybridized carbons (Fsp3) is 0.364. The lowest BCUT2D eigenvalue weighted by Crippen LogP contribution is -2.48. The number of hydrogen-bond donors (Lipinski definition) is 2. The Labute approximate surface area is 186 Å². The fourth-order valence-corrected chi connectivity index (χ4v) is 3.64. The molecule has 10 heteroatoms. The molecule has 3 aromatic heterocycles. The molecule has 2 N–H and O–H groups in total. The fourth-order valence-electron chi connectivity index (χ4n) is 3.64. The number of nitrogens with zero attached hydrogens (tertiary/aromatic N) is 5. The van der Waals surface area contributed by atoms with Gasteiger partial charge in [-0.15, -0.1) is 0 Å². The lowest BCUT2D eigenvalue weighted by Gasteiger charge is -2.35. The van der Waals surface area contributed by atoms with E-state index in [0.717, 1.165) is 22.5 Å². The molecule has 1 atom stereocenters. The van der Waals surface area contributed by atoms with Crippen LogP contribution in [0.3, 0.4) is 0 Å². The largest absolute Gasteiger partial charge is 0.481 e. The number of pyridine rings is 2. The third kappa shape index (κ3) is 4.50. The lowest BCUT2D eigenvalue weighted by atomic mass is 10.1. The first-order valence-corrected chi connectivity index (χ1v) is 10.4. The number of carbonyl (C=O) groups excluding carboxylic acids is 1. The van der Waals surface area contributed by atoms with Crippen molar-refractivity contribution in [3.63, 3.8) is 0 Å². The molecule has 0 aliphatic carbocycles. The molecule has 10 nitrogen and oxygen atoms in total. The van der Waals surface area contributed by atoms with Crippen molar-refractivity contribution >= 4 is 23.1 Å². The van der Waals surface area contributed by atoms with Gasteiger partial charge in [-0.05, 0) is 25.5 Å². The number of methoxy groups -OCH3 is 1. The molecule has 0 saturated carbocycles. The minimum atomic E-state index is -0.660. The van der Waals surface area contributed by atoms with E-state index in [4.69, 9.17) is 9.47 Å². The number of rotatable bonds is 8. The summed E-state index contributed by atoms with van der Waals surface area (Å²) in [5.41, 5.74) is 4.39. The van der Waals surface area contributed by atoms with E-state index in [0.29, 0.717) is 37.1 Å². The molecule has 1 amide bonds. The second-order valence-electron chi connectivity index (χ2n) is 7.50. The van der Waals surface area contributed by atoms with E-state index in [9.17, 15) is 4.79 Å². The second kappa shape index (κ2) is 9.23. The minimum Gasteiger partial charge on any atom is -0.481 e. The zero-order chi connectivity index (χ0) is 22.7. The molecule has 32 heavy (non-hydrogen) atoms. The molecule has 0 fully saturated rings. The molecule has 3 aromatic rings. The van der Waals surface area contributed by atoms with Gasteiger partial charge in [0, 0.05) is 50.3 Å². The third-order valence-corrected chi connectivity index (χ3v) is 5.22. The van der Waals surface area contributed by atoms with E-state index in [-0.39, 0.29) is 5.91 Å². The Hall–Kier alpha value is -3.66. The predicted octanol–water partition coefficient (Wildman–Crippen LogP) is 2.40. The van der Waals surface area contributed by atoms with Crippen LogP contribution in [0.4, 0.5) is 17.2 Å². The van der Waals surface area contributed by atoms with Gasteiger partial charge < -0.3 is 25.0 Å². The smallest absolute Gasteiger partial charge is 0.274 e. The summed E-state index contributed by atoms with van der Waals surface area (Å²) in [6.45, 7) is 5.38.